The van der Waals surface area contributed by atoms with Gasteiger partial charge in [0, 0.05) is 30.8 Å². The topological polar surface area (TPSA) is 108 Å². The third-order valence-corrected chi connectivity index (χ3v) is 7.05. The van der Waals surface area contributed by atoms with Crippen LogP contribution < -0.4 is 10.1 Å². The van der Waals surface area contributed by atoms with Gasteiger partial charge in [0.15, 0.2) is 0 Å². The highest BCUT2D eigenvalue weighted by Gasteiger charge is 2.50. The van der Waals surface area contributed by atoms with Crippen molar-refractivity contribution in [1.29, 1.82) is 0 Å². The fourth-order valence-electron chi connectivity index (χ4n) is 5.27. The zero-order chi connectivity index (χ0) is 24.1. The monoisotopic (exact) mass is 472 g/mol. The second-order valence-electron chi connectivity index (χ2n) is 9.33. The number of hydrogen-bond donors (Lipinski definition) is 3. The lowest BCUT2D eigenvalue weighted by Gasteiger charge is -2.41. The summed E-state index contributed by atoms with van der Waals surface area (Å²) in [7, 11) is 0. The minimum Gasteiger partial charge on any atom is -0.486 e. The Bertz CT molecular complexity index is 897. The number of carbonyl (C=O) groups is 2. The number of nitrogens with one attached hydrogen (secondary N) is 1. The van der Waals surface area contributed by atoms with Gasteiger partial charge in [0.25, 0.3) is 0 Å². The van der Waals surface area contributed by atoms with Crippen LogP contribution in [0.15, 0.2) is 35.9 Å². The van der Waals surface area contributed by atoms with Gasteiger partial charge in [-0.2, -0.15) is 0 Å². The maximum Gasteiger partial charge on any atom is 0.247 e. The first-order valence-corrected chi connectivity index (χ1v) is 12.5. The number of aliphatic hydroxyl groups is 2. The van der Waals surface area contributed by atoms with Crippen LogP contribution in [0.25, 0.3) is 0 Å². The summed E-state index contributed by atoms with van der Waals surface area (Å²) in [5.74, 6) is -0.392. The Balaban J connectivity index is 1.68. The van der Waals surface area contributed by atoms with Crippen molar-refractivity contribution < 1.29 is 29.3 Å². The van der Waals surface area contributed by atoms with Crippen LogP contribution in [0.5, 0.6) is 5.75 Å². The molecule has 0 bridgehead atoms. The van der Waals surface area contributed by atoms with E-state index in [4.69, 9.17) is 9.47 Å². The van der Waals surface area contributed by atoms with E-state index in [1.54, 1.807) is 11.0 Å². The predicted molar refractivity (Wildman–Crippen MR) is 126 cm³/mol. The standard InChI is InChI=1S/C26H36N2O6/c1-2-3-4-7-12-28(26(32)17-10-14-33-16-17)20-15-19(25(31)27-11-13-29)22-18-8-5-6-9-21(18)34-24(22)23(20)30/h5-6,8-9,15,17,20,22-24,29-30H,2-4,7,10-14,16H2,1H3,(H,27,31). The van der Waals surface area contributed by atoms with Gasteiger partial charge in [-0.3, -0.25) is 9.59 Å². The molecular weight excluding hydrogens is 436 g/mol. The van der Waals surface area contributed by atoms with E-state index in [0.29, 0.717) is 37.5 Å². The molecule has 0 aromatic heterocycles. The molecule has 4 rings (SSSR count). The average Bonchev–Trinajstić information content (AvgIpc) is 3.52. The van der Waals surface area contributed by atoms with Crippen LogP contribution >= 0.6 is 0 Å². The zero-order valence-corrected chi connectivity index (χ0v) is 19.8. The molecule has 0 radical (unpaired) electrons. The molecule has 1 aliphatic carbocycles. The SMILES string of the molecule is CCCCCCN(C(=O)C1CCOC1)C1C=C(C(=O)NCCO)C2c3ccccc3OC2C1O. The number of unbranched alkanes of at least 4 members (excludes halogenated alkanes) is 3. The van der Waals surface area contributed by atoms with Crippen LogP contribution in [0.2, 0.25) is 0 Å². The largest absolute Gasteiger partial charge is 0.486 e. The number of carbonyl (C=O) groups excluding carboxylic acids is 2. The highest BCUT2D eigenvalue weighted by Crippen LogP contribution is 2.47. The summed E-state index contributed by atoms with van der Waals surface area (Å²) in [5.41, 5.74) is 1.31. The van der Waals surface area contributed by atoms with Gasteiger partial charge in [-0.05, 0) is 25.0 Å². The molecule has 5 unspecified atom stereocenters. The summed E-state index contributed by atoms with van der Waals surface area (Å²) in [6, 6.07) is 6.81. The molecular formula is C26H36N2O6. The molecule has 3 aliphatic rings. The van der Waals surface area contributed by atoms with Crippen molar-refractivity contribution in [3.05, 3.63) is 41.5 Å². The van der Waals surface area contributed by atoms with Gasteiger partial charge in [-0.25, -0.2) is 0 Å². The first-order valence-electron chi connectivity index (χ1n) is 12.5. The summed E-state index contributed by atoms with van der Waals surface area (Å²) < 4.78 is 11.6. The Kier molecular flexibility index (Phi) is 8.24. The fraction of sp³-hybridized carbons (Fsp3) is 0.615. The molecule has 0 spiro atoms. The van der Waals surface area contributed by atoms with Gasteiger partial charge in [-0.1, -0.05) is 44.4 Å². The number of nitrogens with zero attached hydrogens (tertiary/aromatic N) is 1. The highest BCUT2D eigenvalue weighted by molar-refractivity contribution is 5.96. The molecule has 1 fully saturated rings. The number of benzene rings is 1. The molecule has 1 saturated heterocycles. The van der Waals surface area contributed by atoms with Gasteiger partial charge in [0.1, 0.15) is 18.0 Å². The van der Waals surface area contributed by atoms with E-state index < -0.39 is 24.2 Å². The van der Waals surface area contributed by atoms with Gasteiger partial charge < -0.3 is 29.9 Å². The van der Waals surface area contributed by atoms with Crippen molar-refractivity contribution >= 4 is 11.8 Å². The maximum absolute atomic E-state index is 13.5. The van der Waals surface area contributed by atoms with Gasteiger partial charge in [0.05, 0.1) is 31.1 Å². The first-order chi connectivity index (χ1) is 16.6. The van der Waals surface area contributed by atoms with Crippen LogP contribution in [-0.2, 0) is 14.3 Å². The van der Waals surface area contributed by atoms with Gasteiger partial charge >= 0.3 is 0 Å². The van der Waals surface area contributed by atoms with Crippen molar-refractivity contribution in [2.45, 2.75) is 63.2 Å². The molecule has 3 N–H and O–H groups in total. The number of para-hydroxylation sites is 1. The minimum absolute atomic E-state index is 0.0432. The number of rotatable bonds is 10. The van der Waals surface area contributed by atoms with Crippen LogP contribution in [0.1, 0.15) is 50.5 Å². The molecule has 5 atom stereocenters. The molecule has 8 heteroatoms. The minimum atomic E-state index is -0.982. The maximum atomic E-state index is 13.5. The van der Waals surface area contributed by atoms with E-state index in [2.05, 4.69) is 12.2 Å². The van der Waals surface area contributed by atoms with E-state index in [9.17, 15) is 19.8 Å². The second-order valence-corrected chi connectivity index (χ2v) is 9.33. The zero-order valence-electron chi connectivity index (χ0n) is 19.8. The molecule has 2 aliphatic heterocycles. The van der Waals surface area contributed by atoms with Crippen molar-refractivity contribution in [2.75, 3.05) is 32.9 Å². The van der Waals surface area contributed by atoms with Crippen LogP contribution in [0.3, 0.4) is 0 Å². The number of aliphatic hydroxyl groups excluding tert-OH is 2. The molecule has 2 amide bonds. The van der Waals surface area contributed by atoms with Crippen molar-refractivity contribution in [1.82, 2.24) is 10.2 Å². The Morgan fingerprint density at radius 2 is 2.03 bits per heavy atom. The third-order valence-electron chi connectivity index (χ3n) is 7.05. The predicted octanol–water partition coefficient (Wildman–Crippen LogP) is 1.75. The quantitative estimate of drug-likeness (QED) is 0.448. The first kappa shape index (κ1) is 24.7. The number of hydrogen-bond acceptors (Lipinski definition) is 6. The highest BCUT2D eigenvalue weighted by atomic mass is 16.5. The molecule has 34 heavy (non-hydrogen) atoms. The van der Waals surface area contributed by atoms with E-state index in [0.717, 1.165) is 31.2 Å². The van der Waals surface area contributed by atoms with Crippen LogP contribution in [-0.4, -0.2) is 78.1 Å². The normalized spacial score (nSPS) is 27.4. The van der Waals surface area contributed by atoms with Gasteiger partial charge in [-0.15, -0.1) is 0 Å². The van der Waals surface area contributed by atoms with Crippen molar-refractivity contribution in [3.8, 4) is 5.75 Å². The summed E-state index contributed by atoms with van der Waals surface area (Å²) >= 11 is 0. The van der Waals surface area contributed by atoms with E-state index in [1.165, 1.54) is 0 Å². The summed E-state index contributed by atoms with van der Waals surface area (Å²) in [6.45, 7) is 3.54. The molecule has 8 nitrogen and oxygen atoms in total. The van der Waals surface area contributed by atoms with Crippen LogP contribution in [0.4, 0.5) is 0 Å². The molecule has 0 saturated carbocycles. The average molecular weight is 473 g/mol. The number of fused-ring (bicyclic) bond motifs is 3. The molecule has 186 valence electrons. The van der Waals surface area contributed by atoms with Gasteiger partial charge in [0.2, 0.25) is 11.8 Å². The Labute approximate surface area is 200 Å². The number of ether oxygens (including phenoxy) is 2. The summed E-state index contributed by atoms with van der Waals surface area (Å²) in [4.78, 5) is 28.4. The second kappa shape index (κ2) is 11.3. The van der Waals surface area contributed by atoms with E-state index in [-0.39, 0.29) is 30.9 Å². The number of amides is 2. The Morgan fingerprint density at radius 3 is 2.76 bits per heavy atom. The fourth-order valence-corrected chi connectivity index (χ4v) is 5.27. The van der Waals surface area contributed by atoms with E-state index >= 15 is 0 Å². The lowest BCUT2D eigenvalue weighted by molar-refractivity contribution is -0.141. The molecule has 1 aromatic rings. The molecule has 2 heterocycles. The third kappa shape index (κ3) is 4.99. The van der Waals surface area contributed by atoms with Crippen molar-refractivity contribution in [3.63, 3.8) is 0 Å². The Morgan fingerprint density at radius 1 is 1.21 bits per heavy atom. The lowest BCUT2D eigenvalue weighted by atomic mass is 9.77. The summed E-state index contributed by atoms with van der Waals surface area (Å²) in [6.07, 6.45) is 4.73. The van der Waals surface area contributed by atoms with Crippen LogP contribution in [0, 0.1) is 5.92 Å². The summed E-state index contributed by atoms with van der Waals surface area (Å²) in [5, 5.41) is 23.4. The molecule has 1 aromatic carbocycles. The van der Waals surface area contributed by atoms with Crippen molar-refractivity contribution in [2.24, 2.45) is 5.92 Å². The van der Waals surface area contributed by atoms with E-state index in [1.807, 2.05) is 24.3 Å². The lowest BCUT2D eigenvalue weighted by Crippen LogP contribution is -2.57. The Hall–Kier alpha value is -2.42. The smallest absolute Gasteiger partial charge is 0.247 e.